The van der Waals surface area contributed by atoms with E-state index in [2.05, 4.69) is 20.3 Å². The zero-order valence-electron chi connectivity index (χ0n) is 21.0. The predicted molar refractivity (Wildman–Crippen MR) is 136 cm³/mol. The average molecular weight is 543 g/mol. The number of alkyl halides is 2. The predicted octanol–water partition coefficient (Wildman–Crippen LogP) is 2.35. The molecule has 0 unspecified atom stereocenters. The maximum Gasteiger partial charge on any atom is 0.407 e. The molecule has 3 aliphatic heterocycles. The molecule has 12 nitrogen and oxygen atoms in total. The van der Waals surface area contributed by atoms with Crippen molar-refractivity contribution in [1.29, 1.82) is 0 Å². The van der Waals surface area contributed by atoms with Gasteiger partial charge in [-0.05, 0) is 25.0 Å². The molecule has 1 aromatic carbocycles. The van der Waals surface area contributed by atoms with Crippen LogP contribution in [0.4, 0.5) is 25.3 Å². The van der Waals surface area contributed by atoms with Crippen LogP contribution in [0.5, 0.6) is 0 Å². The number of fused-ring (bicyclic) bond motifs is 1. The fourth-order valence-electron chi connectivity index (χ4n) is 5.38. The van der Waals surface area contributed by atoms with Crippen molar-refractivity contribution in [3.8, 4) is 5.82 Å². The van der Waals surface area contributed by atoms with Crippen molar-refractivity contribution in [2.45, 2.75) is 31.4 Å². The van der Waals surface area contributed by atoms with Gasteiger partial charge >= 0.3 is 6.09 Å². The molecule has 0 radical (unpaired) electrons. The Balaban J connectivity index is 1.27. The highest BCUT2D eigenvalue weighted by molar-refractivity contribution is 5.86. The Bertz CT molecular complexity index is 1390. The minimum absolute atomic E-state index is 0.171. The number of amides is 2. The number of para-hydroxylation sites is 2. The van der Waals surface area contributed by atoms with Crippen LogP contribution in [0.25, 0.3) is 16.9 Å². The number of hydrogen-bond acceptors (Lipinski definition) is 8. The molecule has 3 saturated heterocycles. The van der Waals surface area contributed by atoms with Gasteiger partial charge in [-0.15, -0.1) is 0 Å². The van der Waals surface area contributed by atoms with Gasteiger partial charge in [-0.25, -0.2) is 18.6 Å². The standard InChI is InChI=1S/C25H28F2N8O4/c26-21(27)22-29-16-4-1-2-5-17(16)35(22)20-12-19(32-8-10-39-11-9-32)30-24(31-20)28-15-13-33(14-15)23(36)18-6-3-7-34(18)25(37)38/h1-2,4-5,12,15,18,21H,3,6-11,13-14H2,(H,37,38)(H,28,30,31)/t18-/m0/s1. The van der Waals surface area contributed by atoms with Gasteiger partial charge in [0.25, 0.3) is 6.43 Å². The number of benzene rings is 1. The molecule has 3 aromatic rings. The van der Waals surface area contributed by atoms with Gasteiger partial charge in [0.2, 0.25) is 11.9 Å². The Morgan fingerprint density at radius 1 is 1.05 bits per heavy atom. The molecule has 1 atom stereocenters. The first-order valence-electron chi connectivity index (χ1n) is 12.9. The number of likely N-dealkylation sites (tertiary alicyclic amines) is 2. The lowest BCUT2D eigenvalue weighted by Gasteiger charge is -2.41. The highest BCUT2D eigenvalue weighted by atomic mass is 19.3. The van der Waals surface area contributed by atoms with E-state index in [0.717, 1.165) is 0 Å². The minimum atomic E-state index is -2.82. The second-order valence-corrected chi connectivity index (χ2v) is 9.82. The number of carbonyl (C=O) groups is 2. The first kappa shape index (κ1) is 25.2. The van der Waals surface area contributed by atoms with E-state index in [1.54, 1.807) is 35.2 Å². The minimum Gasteiger partial charge on any atom is -0.465 e. The zero-order chi connectivity index (χ0) is 27.1. The fourth-order valence-corrected chi connectivity index (χ4v) is 5.38. The number of ether oxygens (including phenoxy) is 1. The third-order valence-electron chi connectivity index (χ3n) is 7.36. The molecule has 0 saturated carbocycles. The quantitative estimate of drug-likeness (QED) is 0.482. The van der Waals surface area contributed by atoms with Crippen molar-refractivity contribution >= 4 is 34.8 Å². The normalized spacial score (nSPS) is 20.1. The van der Waals surface area contributed by atoms with Crippen molar-refractivity contribution in [3.05, 3.63) is 36.2 Å². The van der Waals surface area contributed by atoms with Crippen LogP contribution >= 0.6 is 0 Å². The second kappa shape index (κ2) is 10.2. The molecule has 3 aliphatic rings. The number of nitrogens with zero attached hydrogens (tertiary/aromatic N) is 7. The van der Waals surface area contributed by atoms with Gasteiger partial charge in [0.15, 0.2) is 5.82 Å². The number of carboxylic acid groups (broad SMARTS) is 1. The molecule has 2 amide bonds. The first-order chi connectivity index (χ1) is 18.9. The maximum absolute atomic E-state index is 14.1. The van der Waals surface area contributed by atoms with Crippen LogP contribution in [0.2, 0.25) is 0 Å². The smallest absolute Gasteiger partial charge is 0.407 e. The Morgan fingerprint density at radius 2 is 1.79 bits per heavy atom. The summed E-state index contributed by atoms with van der Waals surface area (Å²) < 4.78 is 34.9. The largest absolute Gasteiger partial charge is 0.465 e. The average Bonchev–Trinajstić information content (AvgIpc) is 3.56. The highest BCUT2D eigenvalue weighted by Crippen LogP contribution is 2.30. The Morgan fingerprint density at radius 3 is 2.54 bits per heavy atom. The van der Waals surface area contributed by atoms with E-state index in [-0.39, 0.29) is 23.7 Å². The van der Waals surface area contributed by atoms with E-state index < -0.39 is 24.4 Å². The summed E-state index contributed by atoms with van der Waals surface area (Å²) in [6, 6.07) is 7.75. The summed E-state index contributed by atoms with van der Waals surface area (Å²) in [6.45, 7) is 3.30. The molecule has 206 valence electrons. The van der Waals surface area contributed by atoms with Crippen LogP contribution < -0.4 is 10.2 Å². The molecule has 2 aromatic heterocycles. The number of hydrogen-bond donors (Lipinski definition) is 2. The molecule has 0 bridgehead atoms. The Kier molecular flexibility index (Phi) is 6.62. The molecule has 39 heavy (non-hydrogen) atoms. The van der Waals surface area contributed by atoms with E-state index in [9.17, 15) is 23.5 Å². The summed E-state index contributed by atoms with van der Waals surface area (Å²) >= 11 is 0. The SMILES string of the molecule is O=C([C@@H]1CCCN1C(=O)O)N1CC(Nc2nc(N3CCOCC3)cc(-n3c(C(F)F)nc4ccccc43)n2)C1. The number of halogens is 2. The van der Waals surface area contributed by atoms with Gasteiger partial charge in [0.1, 0.15) is 17.7 Å². The molecule has 14 heteroatoms. The summed E-state index contributed by atoms with van der Waals surface area (Å²) in [7, 11) is 0. The van der Waals surface area contributed by atoms with E-state index >= 15 is 0 Å². The molecule has 0 spiro atoms. The highest BCUT2D eigenvalue weighted by Gasteiger charge is 2.41. The van der Waals surface area contributed by atoms with Crippen LogP contribution in [0.15, 0.2) is 30.3 Å². The van der Waals surface area contributed by atoms with Gasteiger partial charge in [-0.1, -0.05) is 12.1 Å². The number of imidazole rings is 1. The fraction of sp³-hybridized carbons (Fsp3) is 0.480. The monoisotopic (exact) mass is 542 g/mol. The third-order valence-corrected chi connectivity index (χ3v) is 7.36. The van der Waals surface area contributed by atoms with Crippen LogP contribution in [-0.2, 0) is 9.53 Å². The lowest BCUT2D eigenvalue weighted by Crippen LogP contribution is -2.61. The van der Waals surface area contributed by atoms with Crippen molar-refractivity contribution in [2.75, 3.05) is 56.2 Å². The molecular formula is C25H28F2N8O4. The van der Waals surface area contributed by atoms with E-state index in [1.165, 1.54) is 9.47 Å². The summed E-state index contributed by atoms with van der Waals surface area (Å²) in [5, 5.41) is 12.6. The van der Waals surface area contributed by atoms with Crippen LogP contribution in [0.1, 0.15) is 25.1 Å². The maximum atomic E-state index is 14.1. The summed E-state index contributed by atoms with van der Waals surface area (Å²) in [5.41, 5.74) is 0.939. The van der Waals surface area contributed by atoms with Crippen LogP contribution in [0, 0.1) is 0 Å². The third kappa shape index (κ3) is 4.80. The van der Waals surface area contributed by atoms with E-state index in [0.29, 0.717) is 75.6 Å². The molecular weight excluding hydrogens is 514 g/mol. The van der Waals surface area contributed by atoms with Gasteiger partial charge in [-0.3, -0.25) is 14.3 Å². The van der Waals surface area contributed by atoms with Crippen LogP contribution in [0.3, 0.4) is 0 Å². The Labute approximate surface area is 222 Å². The summed E-state index contributed by atoms with van der Waals surface area (Å²) in [5.74, 6) is 0.460. The molecule has 5 heterocycles. The molecule has 2 N–H and O–H groups in total. The number of morpholine rings is 1. The van der Waals surface area contributed by atoms with Crippen LogP contribution in [-0.4, -0.2) is 104 Å². The van der Waals surface area contributed by atoms with E-state index in [4.69, 9.17) is 4.74 Å². The molecule has 3 fully saturated rings. The van der Waals surface area contributed by atoms with Gasteiger partial charge in [0, 0.05) is 38.8 Å². The lowest BCUT2D eigenvalue weighted by atomic mass is 10.1. The van der Waals surface area contributed by atoms with Gasteiger partial charge in [0.05, 0.1) is 30.3 Å². The van der Waals surface area contributed by atoms with Gasteiger partial charge < -0.3 is 25.0 Å². The number of rotatable bonds is 6. The number of anilines is 2. The van der Waals surface area contributed by atoms with Crippen molar-refractivity contribution in [3.63, 3.8) is 0 Å². The number of nitrogens with one attached hydrogen (secondary N) is 1. The molecule has 0 aliphatic carbocycles. The zero-order valence-corrected chi connectivity index (χ0v) is 21.0. The van der Waals surface area contributed by atoms with Crippen molar-refractivity contribution in [2.24, 2.45) is 0 Å². The van der Waals surface area contributed by atoms with Gasteiger partial charge in [-0.2, -0.15) is 9.97 Å². The second-order valence-electron chi connectivity index (χ2n) is 9.82. The number of carbonyl (C=O) groups excluding carboxylic acids is 1. The van der Waals surface area contributed by atoms with E-state index in [1.807, 2.05) is 4.90 Å². The first-order valence-corrected chi connectivity index (χ1v) is 12.9. The Hall–Kier alpha value is -4.07. The summed E-state index contributed by atoms with van der Waals surface area (Å²) in [6.07, 6.45) is -2.73. The lowest BCUT2D eigenvalue weighted by molar-refractivity contribution is -0.139. The number of aromatic nitrogens is 4. The summed E-state index contributed by atoms with van der Waals surface area (Å²) in [4.78, 5) is 42.6. The van der Waals surface area contributed by atoms with Crippen molar-refractivity contribution in [1.82, 2.24) is 29.3 Å². The van der Waals surface area contributed by atoms with Crippen molar-refractivity contribution < 1.29 is 28.2 Å². The molecule has 6 rings (SSSR count). The topological polar surface area (TPSA) is 129 Å².